The van der Waals surface area contributed by atoms with Crippen molar-refractivity contribution in [3.8, 4) is 0 Å². The number of benzene rings is 1. The molecular weight excluding hydrogens is 360 g/mol. The van der Waals surface area contributed by atoms with Gasteiger partial charge < -0.3 is 14.6 Å². The van der Waals surface area contributed by atoms with Gasteiger partial charge in [0.25, 0.3) is 5.91 Å². The van der Waals surface area contributed by atoms with E-state index < -0.39 is 0 Å². The molecule has 1 aromatic carbocycles. The molecule has 5 nitrogen and oxygen atoms in total. The number of nitrogens with zero attached hydrogens (tertiary/aromatic N) is 1. The van der Waals surface area contributed by atoms with Crippen molar-refractivity contribution in [3.05, 3.63) is 58.5 Å². The van der Waals surface area contributed by atoms with Crippen LogP contribution in [0.5, 0.6) is 0 Å². The molecule has 1 heterocycles. The third-order valence-electron chi connectivity index (χ3n) is 3.88. The monoisotopic (exact) mass is 376 g/mol. The predicted molar refractivity (Wildman–Crippen MR) is 89.1 cm³/mol. The molecule has 2 amide bonds. The first-order chi connectivity index (χ1) is 11.0. The Labute approximate surface area is 142 Å². The maximum Gasteiger partial charge on any atom is 0.289 e. The molecule has 1 aliphatic carbocycles. The van der Waals surface area contributed by atoms with Crippen LogP contribution in [0.15, 0.2) is 51.6 Å². The van der Waals surface area contributed by atoms with E-state index in [9.17, 15) is 9.59 Å². The zero-order valence-electron chi connectivity index (χ0n) is 12.7. The lowest BCUT2D eigenvalue weighted by molar-refractivity contribution is -0.121. The van der Waals surface area contributed by atoms with Gasteiger partial charge in [0.1, 0.15) is 0 Å². The Morgan fingerprint density at radius 1 is 1.26 bits per heavy atom. The highest BCUT2D eigenvalue weighted by molar-refractivity contribution is 9.10. The van der Waals surface area contributed by atoms with Crippen LogP contribution in [0.1, 0.15) is 28.5 Å². The molecule has 1 aliphatic rings. The standard InChI is InChI=1S/C17H17BrN2O3/c1-20(17(22)14-7-8-15(18)23-14)10-16(21)19-13-9-12(13)11-5-3-2-4-6-11/h2-8,12-13H,9-10H2,1H3,(H,19,21). The maximum atomic E-state index is 12.1. The number of hydrogen-bond acceptors (Lipinski definition) is 3. The lowest BCUT2D eigenvalue weighted by atomic mass is 10.1. The molecule has 0 bridgehead atoms. The number of likely N-dealkylation sites (N-methyl/N-ethyl adjacent to an activating group) is 1. The van der Waals surface area contributed by atoms with E-state index in [1.54, 1.807) is 19.2 Å². The van der Waals surface area contributed by atoms with Gasteiger partial charge in [0, 0.05) is 19.0 Å². The highest BCUT2D eigenvalue weighted by Gasteiger charge is 2.39. The van der Waals surface area contributed by atoms with Crippen molar-refractivity contribution < 1.29 is 14.0 Å². The molecule has 1 saturated carbocycles. The number of amides is 2. The molecule has 1 fully saturated rings. The van der Waals surface area contributed by atoms with E-state index in [0.717, 1.165) is 6.42 Å². The average Bonchev–Trinajstić information content (AvgIpc) is 3.16. The third kappa shape index (κ3) is 3.82. The van der Waals surface area contributed by atoms with Crippen LogP contribution in [0.2, 0.25) is 0 Å². The van der Waals surface area contributed by atoms with E-state index in [1.165, 1.54) is 10.5 Å². The van der Waals surface area contributed by atoms with E-state index in [-0.39, 0.29) is 30.2 Å². The van der Waals surface area contributed by atoms with Crippen molar-refractivity contribution >= 4 is 27.7 Å². The number of halogens is 1. The van der Waals surface area contributed by atoms with Crippen molar-refractivity contribution in [1.82, 2.24) is 10.2 Å². The van der Waals surface area contributed by atoms with Gasteiger partial charge in [-0.3, -0.25) is 9.59 Å². The Morgan fingerprint density at radius 2 is 2.00 bits per heavy atom. The van der Waals surface area contributed by atoms with Gasteiger partial charge >= 0.3 is 0 Å². The summed E-state index contributed by atoms with van der Waals surface area (Å²) < 4.78 is 5.70. The molecule has 2 atom stereocenters. The van der Waals surface area contributed by atoms with Gasteiger partial charge in [0.05, 0.1) is 6.54 Å². The van der Waals surface area contributed by atoms with Crippen LogP contribution < -0.4 is 5.32 Å². The van der Waals surface area contributed by atoms with Crippen LogP contribution in [0.3, 0.4) is 0 Å². The molecule has 23 heavy (non-hydrogen) atoms. The van der Waals surface area contributed by atoms with Gasteiger partial charge in [-0.05, 0) is 40.0 Å². The lowest BCUT2D eigenvalue weighted by Gasteiger charge is -2.15. The summed E-state index contributed by atoms with van der Waals surface area (Å²) in [5.74, 6) is 0.110. The fourth-order valence-corrected chi connectivity index (χ4v) is 2.89. The second-order valence-corrected chi connectivity index (χ2v) is 6.47. The molecule has 2 unspecified atom stereocenters. The molecule has 2 aromatic rings. The number of carbonyl (C=O) groups is 2. The van der Waals surface area contributed by atoms with E-state index in [1.807, 2.05) is 18.2 Å². The minimum atomic E-state index is -0.318. The first-order valence-corrected chi connectivity index (χ1v) is 8.19. The van der Waals surface area contributed by atoms with Crippen LogP contribution in [-0.2, 0) is 4.79 Å². The Kier molecular flexibility index (Phi) is 4.52. The van der Waals surface area contributed by atoms with Crippen molar-refractivity contribution in [2.45, 2.75) is 18.4 Å². The van der Waals surface area contributed by atoms with E-state index in [2.05, 4.69) is 33.4 Å². The SMILES string of the molecule is CN(CC(=O)NC1CC1c1ccccc1)C(=O)c1ccc(Br)o1. The van der Waals surface area contributed by atoms with Gasteiger partial charge in [-0.1, -0.05) is 30.3 Å². The van der Waals surface area contributed by atoms with Crippen LogP contribution in [0, 0.1) is 0 Å². The number of carbonyl (C=O) groups excluding carboxylic acids is 2. The Balaban J connectivity index is 1.49. The predicted octanol–water partition coefficient (Wildman–Crippen LogP) is 2.79. The highest BCUT2D eigenvalue weighted by atomic mass is 79.9. The minimum absolute atomic E-state index is 0.00909. The van der Waals surface area contributed by atoms with Crippen molar-refractivity contribution in [1.29, 1.82) is 0 Å². The normalized spacial score (nSPS) is 19.2. The van der Waals surface area contributed by atoms with E-state index >= 15 is 0 Å². The fourth-order valence-electron chi connectivity index (χ4n) is 2.58. The largest absolute Gasteiger partial charge is 0.444 e. The zero-order chi connectivity index (χ0) is 16.4. The molecule has 1 N–H and O–H groups in total. The van der Waals surface area contributed by atoms with Gasteiger partial charge in [0.15, 0.2) is 10.4 Å². The Bertz CT molecular complexity index is 714. The smallest absolute Gasteiger partial charge is 0.289 e. The van der Waals surface area contributed by atoms with Gasteiger partial charge in [0.2, 0.25) is 5.91 Å². The fraction of sp³-hybridized carbons (Fsp3) is 0.294. The molecule has 0 radical (unpaired) electrons. The molecule has 3 rings (SSSR count). The average molecular weight is 377 g/mol. The summed E-state index contributed by atoms with van der Waals surface area (Å²) in [6, 6.07) is 13.5. The summed E-state index contributed by atoms with van der Waals surface area (Å²) in [5, 5.41) is 2.97. The topological polar surface area (TPSA) is 62.6 Å². The van der Waals surface area contributed by atoms with Crippen molar-refractivity contribution in [2.75, 3.05) is 13.6 Å². The van der Waals surface area contributed by atoms with Crippen LogP contribution in [-0.4, -0.2) is 36.3 Å². The first-order valence-electron chi connectivity index (χ1n) is 7.39. The van der Waals surface area contributed by atoms with E-state index in [4.69, 9.17) is 4.42 Å². The molecular formula is C17H17BrN2O3. The van der Waals surface area contributed by atoms with Gasteiger partial charge in [-0.15, -0.1) is 0 Å². The van der Waals surface area contributed by atoms with Crippen LogP contribution >= 0.6 is 15.9 Å². The molecule has 0 saturated heterocycles. The molecule has 120 valence electrons. The van der Waals surface area contributed by atoms with Crippen LogP contribution in [0.4, 0.5) is 0 Å². The summed E-state index contributed by atoms with van der Waals surface area (Å²) in [6.07, 6.45) is 0.943. The minimum Gasteiger partial charge on any atom is -0.444 e. The Morgan fingerprint density at radius 3 is 2.65 bits per heavy atom. The number of rotatable bonds is 5. The maximum absolute atomic E-state index is 12.1. The number of furan rings is 1. The molecule has 0 spiro atoms. The van der Waals surface area contributed by atoms with Gasteiger partial charge in [-0.2, -0.15) is 0 Å². The molecule has 6 heteroatoms. The Hall–Kier alpha value is -2.08. The first kappa shape index (κ1) is 15.8. The van der Waals surface area contributed by atoms with Crippen molar-refractivity contribution in [2.24, 2.45) is 0 Å². The summed E-state index contributed by atoms with van der Waals surface area (Å²) >= 11 is 3.15. The van der Waals surface area contributed by atoms with E-state index in [0.29, 0.717) is 10.6 Å². The van der Waals surface area contributed by atoms with Gasteiger partial charge in [-0.25, -0.2) is 0 Å². The summed E-state index contributed by atoms with van der Waals surface area (Å²) in [4.78, 5) is 25.5. The second-order valence-electron chi connectivity index (χ2n) is 5.69. The second kappa shape index (κ2) is 6.58. The van der Waals surface area contributed by atoms with Crippen molar-refractivity contribution in [3.63, 3.8) is 0 Å². The quantitative estimate of drug-likeness (QED) is 0.872. The summed E-state index contributed by atoms with van der Waals surface area (Å²) in [7, 11) is 1.58. The highest BCUT2D eigenvalue weighted by Crippen LogP contribution is 2.40. The molecule has 0 aliphatic heterocycles. The van der Waals surface area contributed by atoms with Crippen LogP contribution in [0.25, 0.3) is 0 Å². The number of hydrogen-bond donors (Lipinski definition) is 1. The summed E-state index contributed by atoms with van der Waals surface area (Å²) in [6.45, 7) is 0.00909. The molecule has 1 aromatic heterocycles. The number of nitrogens with one attached hydrogen (secondary N) is 1. The third-order valence-corrected chi connectivity index (χ3v) is 4.30. The summed E-state index contributed by atoms with van der Waals surface area (Å²) in [5.41, 5.74) is 1.24. The zero-order valence-corrected chi connectivity index (χ0v) is 14.2. The lowest BCUT2D eigenvalue weighted by Crippen LogP contribution is -2.39.